The molecule has 1 saturated heterocycles. The van der Waals surface area contributed by atoms with Gasteiger partial charge in [-0.2, -0.15) is 0 Å². The van der Waals surface area contributed by atoms with E-state index in [1.807, 2.05) is 0 Å². The fraction of sp³-hybridized carbons (Fsp3) is 1.00. The molecule has 0 aliphatic carbocycles. The first-order chi connectivity index (χ1) is 6.29. The monoisotopic (exact) mass is 185 g/mol. The molecule has 0 spiro atoms. The van der Waals surface area contributed by atoms with Crippen LogP contribution in [0.25, 0.3) is 0 Å². The van der Waals surface area contributed by atoms with Crippen molar-refractivity contribution < 1.29 is 0 Å². The molecule has 1 rings (SSSR count). The molecule has 1 heterocycles. The summed E-state index contributed by atoms with van der Waals surface area (Å²) < 4.78 is 0. The quantitative estimate of drug-likeness (QED) is 0.522. The standard InChI is InChI=1S/C10H23N3/c1-9(2)12-7-6-11-8-10-4-3-5-13-10/h9-13H,3-8H2,1-2H3. The molecule has 0 radical (unpaired) electrons. The first kappa shape index (κ1) is 11.0. The van der Waals surface area contributed by atoms with Crippen LogP contribution in [0.4, 0.5) is 0 Å². The summed E-state index contributed by atoms with van der Waals surface area (Å²) in [5.41, 5.74) is 0. The molecule has 3 nitrogen and oxygen atoms in total. The molecule has 1 atom stereocenters. The molecule has 78 valence electrons. The first-order valence-electron chi connectivity index (χ1n) is 5.46. The zero-order valence-electron chi connectivity index (χ0n) is 8.90. The second-order valence-electron chi connectivity index (χ2n) is 4.11. The lowest BCUT2D eigenvalue weighted by Gasteiger charge is -2.12. The molecule has 1 aliphatic rings. The summed E-state index contributed by atoms with van der Waals surface area (Å²) in [4.78, 5) is 0. The average Bonchev–Trinajstić information content (AvgIpc) is 2.55. The Hall–Kier alpha value is -0.120. The van der Waals surface area contributed by atoms with Crippen molar-refractivity contribution in [2.24, 2.45) is 0 Å². The molecule has 13 heavy (non-hydrogen) atoms. The fourth-order valence-electron chi connectivity index (χ4n) is 1.66. The van der Waals surface area contributed by atoms with Gasteiger partial charge in [-0.3, -0.25) is 0 Å². The van der Waals surface area contributed by atoms with Gasteiger partial charge in [0.1, 0.15) is 0 Å². The van der Waals surface area contributed by atoms with E-state index in [0.29, 0.717) is 6.04 Å². The fourth-order valence-corrected chi connectivity index (χ4v) is 1.66. The van der Waals surface area contributed by atoms with Crippen LogP contribution in [0.15, 0.2) is 0 Å². The van der Waals surface area contributed by atoms with Crippen molar-refractivity contribution in [3.8, 4) is 0 Å². The largest absolute Gasteiger partial charge is 0.314 e. The second-order valence-corrected chi connectivity index (χ2v) is 4.11. The van der Waals surface area contributed by atoms with Crippen molar-refractivity contribution in [2.45, 2.75) is 38.8 Å². The molecule has 0 aromatic heterocycles. The summed E-state index contributed by atoms with van der Waals surface area (Å²) in [6, 6.07) is 1.32. The summed E-state index contributed by atoms with van der Waals surface area (Å²) in [6.45, 7) is 8.84. The summed E-state index contributed by atoms with van der Waals surface area (Å²) in [6.07, 6.45) is 2.68. The molecule has 3 heteroatoms. The lowest BCUT2D eigenvalue weighted by Crippen LogP contribution is -2.38. The summed E-state index contributed by atoms with van der Waals surface area (Å²) >= 11 is 0. The van der Waals surface area contributed by atoms with E-state index in [4.69, 9.17) is 0 Å². The van der Waals surface area contributed by atoms with E-state index in [-0.39, 0.29) is 0 Å². The molecule has 0 saturated carbocycles. The minimum Gasteiger partial charge on any atom is -0.314 e. The minimum atomic E-state index is 0.603. The lowest BCUT2D eigenvalue weighted by molar-refractivity contribution is 0.509. The Morgan fingerprint density at radius 2 is 2.23 bits per heavy atom. The van der Waals surface area contributed by atoms with Gasteiger partial charge >= 0.3 is 0 Å². The highest BCUT2D eigenvalue weighted by Crippen LogP contribution is 2.02. The highest BCUT2D eigenvalue weighted by molar-refractivity contribution is 4.76. The number of rotatable bonds is 6. The third-order valence-corrected chi connectivity index (χ3v) is 2.41. The normalized spacial score (nSPS) is 22.8. The van der Waals surface area contributed by atoms with Crippen molar-refractivity contribution >= 4 is 0 Å². The van der Waals surface area contributed by atoms with Crippen LogP contribution in [0, 0.1) is 0 Å². The minimum absolute atomic E-state index is 0.603. The van der Waals surface area contributed by atoms with Gasteiger partial charge in [-0.1, -0.05) is 13.8 Å². The highest BCUT2D eigenvalue weighted by atomic mass is 15.0. The van der Waals surface area contributed by atoms with Gasteiger partial charge in [0.25, 0.3) is 0 Å². The van der Waals surface area contributed by atoms with Crippen LogP contribution in [0.1, 0.15) is 26.7 Å². The Morgan fingerprint density at radius 3 is 2.85 bits per heavy atom. The van der Waals surface area contributed by atoms with E-state index in [1.165, 1.54) is 19.4 Å². The van der Waals surface area contributed by atoms with Crippen LogP contribution in [0.3, 0.4) is 0 Å². The number of hydrogen-bond acceptors (Lipinski definition) is 3. The first-order valence-corrected chi connectivity index (χ1v) is 5.46. The summed E-state index contributed by atoms with van der Waals surface area (Å²) in [5, 5.41) is 10.3. The van der Waals surface area contributed by atoms with Gasteiger partial charge in [0, 0.05) is 31.7 Å². The van der Waals surface area contributed by atoms with Gasteiger partial charge in [-0.25, -0.2) is 0 Å². The Balaban J connectivity index is 1.83. The smallest absolute Gasteiger partial charge is 0.0192 e. The summed E-state index contributed by atoms with van der Waals surface area (Å²) in [7, 11) is 0. The molecule has 0 aromatic carbocycles. The Labute approximate surface area is 81.7 Å². The van der Waals surface area contributed by atoms with E-state index in [2.05, 4.69) is 29.8 Å². The number of hydrogen-bond donors (Lipinski definition) is 3. The van der Waals surface area contributed by atoms with Gasteiger partial charge < -0.3 is 16.0 Å². The topological polar surface area (TPSA) is 36.1 Å². The number of nitrogens with one attached hydrogen (secondary N) is 3. The van der Waals surface area contributed by atoms with E-state index in [9.17, 15) is 0 Å². The lowest BCUT2D eigenvalue weighted by atomic mass is 10.2. The van der Waals surface area contributed by atoms with Crippen LogP contribution in [0.2, 0.25) is 0 Å². The van der Waals surface area contributed by atoms with Gasteiger partial charge in [0.2, 0.25) is 0 Å². The highest BCUT2D eigenvalue weighted by Gasteiger charge is 2.12. The SMILES string of the molecule is CC(C)NCCNCC1CCCN1. The van der Waals surface area contributed by atoms with Crippen molar-refractivity contribution in [1.82, 2.24) is 16.0 Å². The molecular formula is C10H23N3. The van der Waals surface area contributed by atoms with Gasteiger partial charge in [-0.05, 0) is 19.4 Å². The molecule has 1 aliphatic heterocycles. The van der Waals surface area contributed by atoms with E-state index in [1.54, 1.807) is 0 Å². The second kappa shape index (κ2) is 6.35. The Morgan fingerprint density at radius 1 is 1.38 bits per heavy atom. The molecule has 3 N–H and O–H groups in total. The van der Waals surface area contributed by atoms with Crippen LogP contribution < -0.4 is 16.0 Å². The van der Waals surface area contributed by atoms with Crippen molar-refractivity contribution in [3.63, 3.8) is 0 Å². The van der Waals surface area contributed by atoms with Crippen LogP contribution in [-0.4, -0.2) is 38.3 Å². The van der Waals surface area contributed by atoms with E-state index in [0.717, 1.165) is 25.7 Å². The molecule has 1 fully saturated rings. The van der Waals surface area contributed by atoms with Crippen molar-refractivity contribution in [3.05, 3.63) is 0 Å². The maximum absolute atomic E-state index is 3.47. The summed E-state index contributed by atoms with van der Waals surface area (Å²) in [5.74, 6) is 0. The Bertz CT molecular complexity index is 119. The maximum atomic E-state index is 3.47. The van der Waals surface area contributed by atoms with Gasteiger partial charge in [0.15, 0.2) is 0 Å². The van der Waals surface area contributed by atoms with E-state index < -0.39 is 0 Å². The molecule has 0 amide bonds. The van der Waals surface area contributed by atoms with Gasteiger partial charge in [0.05, 0.1) is 0 Å². The third kappa shape index (κ3) is 5.24. The Kier molecular flexibility index (Phi) is 5.35. The zero-order chi connectivity index (χ0) is 9.52. The predicted molar refractivity (Wildman–Crippen MR) is 57.0 cm³/mol. The average molecular weight is 185 g/mol. The van der Waals surface area contributed by atoms with Crippen LogP contribution >= 0.6 is 0 Å². The molecule has 1 unspecified atom stereocenters. The zero-order valence-corrected chi connectivity index (χ0v) is 8.90. The molecular weight excluding hydrogens is 162 g/mol. The predicted octanol–water partition coefficient (Wildman–Crippen LogP) is 0.326. The maximum Gasteiger partial charge on any atom is 0.0192 e. The van der Waals surface area contributed by atoms with Crippen LogP contribution in [0.5, 0.6) is 0 Å². The van der Waals surface area contributed by atoms with E-state index >= 15 is 0 Å². The van der Waals surface area contributed by atoms with Crippen molar-refractivity contribution in [1.29, 1.82) is 0 Å². The molecule has 0 aromatic rings. The third-order valence-electron chi connectivity index (χ3n) is 2.41. The molecule has 0 bridgehead atoms. The van der Waals surface area contributed by atoms with Crippen molar-refractivity contribution in [2.75, 3.05) is 26.2 Å². The van der Waals surface area contributed by atoms with Crippen LogP contribution in [-0.2, 0) is 0 Å². The van der Waals surface area contributed by atoms with Gasteiger partial charge in [-0.15, -0.1) is 0 Å².